The quantitative estimate of drug-likeness (QED) is 0.872. The summed E-state index contributed by atoms with van der Waals surface area (Å²) in [5, 5.41) is 5.70. The molecule has 0 saturated heterocycles. The molecule has 106 valence electrons. The van der Waals surface area contributed by atoms with Crippen molar-refractivity contribution in [2.24, 2.45) is 0 Å². The van der Waals surface area contributed by atoms with Crippen molar-refractivity contribution in [3.63, 3.8) is 0 Å². The highest BCUT2D eigenvalue weighted by atomic mass is 32.2. The maximum atomic E-state index is 5.63. The Morgan fingerprint density at radius 3 is 2.80 bits per heavy atom. The topological polar surface area (TPSA) is 56.7 Å². The lowest BCUT2D eigenvalue weighted by atomic mass is 9.96. The number of hydrogen-bond acceptors (Lipinski definition) is 4. The smallest absolute Gasteiger partial charge is 0.0965 e. The van der Waals surface area contributed by atoms with Gasteiger partial charge in [-0.15, -0.1) is 0 Å². The van der Waals surface area contributed by atoms with Gasteiger partial charge in [0.1, 0.15) is 0 Å². The molecule has 0 amide bonds. The number of rotatable bonds is 4. The van der Waals surface area contributed by atoms with E-state index in [1.165, 1.54) is 32.1 Å². The summed E-state index contributed by atoms with van der Waals surface area (Å²) in [4.78, 5) is 4.29. The molecule has 0 spiro atoms. The van der Waals surface area contributed by atoms with Gasteiger partial charge in [0.25, 0.3) is 0 Å². The minimum absolute atomic E-state index is 0.608. The number of thioether (sulfide) groups is 1. The first-order valence-electron chi connectivity index (χ1n) is 7.19. The maximum Gasteiger partial charge on any atom is 0.0965 e. The fourth-order valence-corrected chi connectivity index (χ4v) is 3.37. The normalized spacial score (nSPS) is 16.4. The summed E-state index contributed by atoms with van der Waals surface area (Å²) in [6.07, 6.45) is 10.4. The van der Waals surface area contributed by atoms with Gasteiger partial charge in [0.2, 0.25) is 0 Å². The molecule has 1 aliphatic rings. The lowest BCUT2D eigenvalue weighted by molar-refractivity contribution is 0.328. The number of pyridine rings is 1. The number of nitrogens with two attached hydrogens (primary N) is 1. The molecule has 0 bridgehead atoms. The van der Waals surface area contributed by atoms with Gasteiger partial charge in [-0.1, -0.05) is 31.0 Å². The van der Waals surface area contributed by atoms with Crippen LogP contribution in [-0.4, -0.2) is 14.8 Å². The summed E-state index contributed by atoms with van der Waals surface area (Å²) < 4.78 is 2.16. The van der Waals surface area contributed by atoms with Gasteiger partial charge in [-0.05, 0) is 31.0 Å². The molecule has 2 N–H and O–H groups in total. The molecule has 3 rings (SSSR count). The van der Waals surface area contributed by atoms with Crippen molar-refractivity contribution in [3.8, 4) is 0 Å². The van der Waals surface area contributed by atoms with Gasteiger partial charge < -0.3 is 5.73 Å². The van der Waals surface area contributed by atoms with Crippen LogP contribution in [0.5, 0.6) is 0 Å². The number of nitrogen functional groups attached to an aromatic ring is 1. The Kier molecular flexibility index (Phi) is 4.25. The summed E-state index contributed by atoms with van der Waals surface area (Å²) in [6.45, 7) is 0. The molecule has 0 atom stereocenters. The second kappa shape index (κ2) is 6.31. The Labute approximate surface area is 123 Å². The van der Waals surface area contributed by atoms with Crippen LogP contribution >= 0.6 is 11.8 Å². The molecule has 2 heterocycles. The molecule has 0 unspecified atom stereocenters. The largest absolute Gasteiger partial charge is 0.397 e. The molecule has 2 aromatic heterocycles. The summed E-state index contributed by atoms with van der Waals surface area (Å²) in [6, 6.07) is 6.57. The number of nitrogens with zero attached hydrogens (tertiary/aromatic N) is 3. The Balaban J connectivity index is 1.58. The Morgan fingerprint density at radius 2 is 2.05 bits per heavy atom. The van der Waals surface area contributed by atoms with Crippen LogP contribution in [0.15, 0.2) is 35.6 Å². The van der Waals surface area contributed by atoms with Crippen molar-refractivity contribution in [1.82, 2.24) is 14.8 Å². The molecule has 1 aliphatic carbocycles. The molecule has 0 radical (unpaired) electrons. The average molecular weight is 288 g/mol. The molecule has 1 fully saturated rings. The van der Waals surface area contributed by atoms with E-state index >= 15 is 0 Å². The van der Waals surface area contributed by atoms with Crippen molar-refractivity contribution in [2.75, 3.05) is 5.73 Å². The fraction of sp³-hybridized carbons (Fsp3) is 0.467. The molecule has 0 aliphatic heterocycles. The average Bonchev–Trinajstić information content (AvgIpc) is 2.97. The third kappa shape index (κ3) is 3.33. The van der Waals surface area contributed by atoms with E-state index in [-0.39, 0.29) is 0 Å². The lowest BCUT2D eigenvalue weighted by Crippen LogP contribution is -2.13. The number of aromatic nitrogens is 3. The maximum absolute atomic E-state index is 5.63. The zero-order valence-electron chi connectivity index (χ0n) is 11.5. The van der Waals surface area contributed by atoms with Crippen LogP contribution < -0.4 is 5.73 Å². The van der Waals surface area contributed by atoms with Gasteiger partial charge in [0, 0.05) is 11.9 Å². The first-order valence-corrected chi connectivity index (χ1v) is 8.18. The van der Waals surface area contributed by atoms with E-state index in [4.69, 9.17) is 10.8 Å². The van der Waals surface area contributed by atoms with Gasteiger partial charge in [-0.25, -0.2) is 4.98 Å². The predicted molar refractivity (Wildman–Crippen MR) is 82.6 cm³/mol. The molecule has 4 nitrogen and oxygen atoms in total. The Hall–Kier alpha value is -1.49. The molecule has 5 heteroatoms. The Bertz CT molecular complexity index is 543. The molecule has 0 aromatic carbocycles. The fourth-order valence-electron chi connectivity index (χ4n) is 2.63. The first-order chi connectivity index (χ1) is 9.81. The molecular formula is C15H20N4S. The van der Waals surface area contributed by atoms with E-state index in [2.05, 4.69) is 21.9 Å². The van der Waals surface area contributed by atoms with E-state index < -0.39 is 0 Å². The second-order valence-electron chi connectivity index (χ2n) is 5.30. The number of hydrogen-bond donors (Lipinski definition) is 1. The zero-order chi connectivity index (χ0) is 13.8. The highest BCUT2D eigenvalue weighted by Crippen LogP contribution is 2.28. The SMILES string of the molecule is Nc1ccc(SCc2ccn(C3CCCCC3)n2)nc1. The molecule has 20 heavy (non-hydrogen) atoms. The minimum atomic E-state index is 0.608. The van der Waals surface area contributed by atoms with Crippen molar-refractivity contribution in [1.29, 1.82) is 0 Å². The van der Waals surface area contributed by atoms with Crippen molar-refractivity contribution in [3.05, 3.63) is 36.3 Å². The van der Waals surface area contributed by atoms with Gasteiger partial charge in [-0.3, -0.25) is 4.68 Å². The lowest BCUT2D eigenvalue weighted by Gasteiger charge is -2.21. The first kappa shape index (κ1) is 13.5. The van der Waals surface area contributed by atoms with Gasteiger partial charge >= 0.3 is 0 Å². The van der Waals surface area contributed by atoms with Gasteiger partial charge in [0.15, 0.2) is 0 Å². The number of anilines is 1. The van der Waals surface area contributed by atoms with Gasteiger partial charge in [0.05, 0.1) is 28.6 Å². The van der Waals surface area contributed by atoms with E-state index in [1.807, 2.05) is 12.1 Å². The molecule has 1 saturated carbocycles. The third-order valence-corrected chi connectivity index (χ3v) is 4.72. The summed E-state index contributed by atoms with van der Waals surface area (Å²) in [7, 11) is 0. The van der Waals surface area contributed by atoms with Crippen LogP contribution in [-0.2, 0) is 5.75 Å². The van der Waals surface area contributed by atoms with Crippen molar-refractivity contribution < 1.29 is 0 Å². The summed E-state index contributed by atoms with van der Waals surface area (Å²) >= 11 is 1.70. The van der Waals surface area contributed by atoms with Crippen LogP contribution in [0, 0.1) is 0 Å². The van der Waals surface area contributed by atoms with E-state index in [0.717, 1.165) is 16.5 Å². The van der Waals surface area contributed by atoms with Gasteiger partial charge in [-0.2, -0.15) is 5.10 Å². The minimum Gasteiger partial charge on any atom is -0.397 e. The van der Waals surface area contributed by atoms with Crippen LogP contribution in [0.1, 0.15) is 43.8 Å². The zero-order valence-corrected chi connectivity index (χ0v) is 12.4. The highest BCUT2D eigenvalue weighted by Gasteiger charge is 2.15. The van der Waals surface area contributed by atoms with Crippen LogP contribution in [0.2, 0.25) is 0 Å². The van der Waals surface area contributed by atoms with E-state index in [9.17, 15) is 0 Å². The van der Waals surface area contributed by atoms with E-state index in [0.29, 0.717) is 11.7 Å². The third-order valence-electron chi connectivity index (χ3n) is 3.74. The molecule has 2 aromatic rings. The predicted octanol–water partition coefficient (Wildman–Crippen LogP) is 3.66. The van der Waals surface area contributed by atoms with Crippen molar-refractivity contribution >= 4 is 17.4 Å². The van der Waals surface area contributed by atoms with Crippen LogP contribution in [0.3, 0.4) is 0 Å². The Morgan fingerprint density at radius 1 is 1.20 bits per heavy atom. The summed E-state index contributed by atoms with van der Waals surface area (Å²) in [5.41, 5.74) is 7.46. The second-order valence-corrected chi connectivity index (χ2v) is 6.29. The van der Waals surface area contributed by atoms with Crippen LogP contribution in [0.4, 0.5) is 5.69 Å². The van der Waals surface area contributed by atoms with Crippen LogP contribution in [0.25, 0.3) is 0 Å². The monoisotopic (exact) mass is 288 g/mol. The molecular weight excluding hydrogens is 268 g/mol. The van der Waals surface area contributed by atoms with Crippen molar-refractivity contribution in [2.45, 2.75) is 48.9 Å². The highest BCUT2D eigenvalue weighted by molar-refractivity contribution is 7.98. The standard InChI is InChI=1S/C15H20N4S/c16-12-6-7-15(17-10-12)20-11-13-8-9-19(18-13)14-4-2-1-3-5-14/h6-10,14H,1-5,11,16H2. The summed E-state index contributed by atoms with van der Waals surface area (Å²) in [5.74, 6) is 0.858. The van der Waals surface area contributed by atoms with E-state index in [1.54, 1.807) is 18.0 Å².